The van der Waals surface area contributed by atoms with Crippen molar-refractivity contribution in [3.05, 3.63) is 169 Å². The van der Waals surface area contributed by atoms with Gasteiger partial charge in [0.05, 0.1) is 0 Å². The van der Waals surface area contributed by atoms with Crippen LogP contribution < -0.4 is 9.80 Å². The Kier molecular flexibility index (Phi) is 8.02. The van der Waals surface area contributed by atoms with Gasteiger partial charge in [-0.1, -0.05) is 84.9 Å². The molecule has 0 spiro atoms. The summed E-state index contributed by atoms with van der Waals surface area (Å²) < 4.78 is 0. The third kappa shape index (κ3) is 5.58. The van der Waals surface area contributed by atoms with E-state index in [1.54, 1.807) is 32.7 Å². The summed E-state index contributed by atoms with van der Waals surface area (Å²) in [6.07, 6.45) is 16.8. The summed E-state index contributed by atoms with van der Waals surface area (Å²) in [5.41, 5.74) is 11.2. The molecule has 8 bridgehead atoms. The third-order valence-corrected chi connectivity index (χ3v) is 16.8. The average molecular weight is 781 g/mol. The molecular formula is C58H56N2. The van der Waals surface area contributed by atoms with Crippen LogP contribution in [0.25, 0.3) is 21.5 Å². The summed E-state index contributed by atoms with van der Waals surface area (Å²) in [5, 5.41) is 6.23. The smallest absolute Gasteiger partial charge is 0.0468 e. The summed E-state index contributed by atoms with van der Waals surface area (Å²) in [7, 11) is 0. The summed E-state index contributed by atoms with van der Waals surface area (Å²) >= 11 is 0. The molecule has 60 heavy (non-hydrogen) atoms. The second-order valence-corrected chi connectivity index (χ2v) is 20.6. The van der Waals surface area contributed by atoms with Crippen molar-refractivity contribution in [2.75, 3.05) is 9.80 Å². The predicted octanol–water partition coefficient (Wildman–Crippen LogP) is 15.9. The molecule has 8 saturated carbocycles. The van der Waals surface area contributed by atoms with Crippen molar-refractivity contribution in [1.29, 1.82) is 0 Å². The SMILES string of the molecule is c1ccc(N(c2ccccc2)c2ccc3c(C45CC6CC(CC(C6)C4)C5)c4cc(N(c5ccccc5)c5ccccc5)ccc4c(C45CC6CC(CC(C6)C4)C5)c3c2)cc1. The maximum atomic E-state index is 2.68. The Labute approximate surface area is 356 Å². The molecule has 0 heterocycles. The first-order valence-electron chi connectivity index (χ1n) is 23.4. The summed E-state index contributed by atoms with van der Waals surface area (Å²) in [6, 6.07) is 60.0. The summed E-state index contributed by atoms with van der Waals surface area (Å²) in [6.45, 7) is 0. The van der Waals surface area contributed by atoms with Gasteiger partial charge in [-0.15, -0.1) is 0 Å². The highest BCUT2D eigenvalue weighted by molar-refractivity contribution is 6.10. The molecule has 0 amide bonds. The van der Waals surface area contributed by atoms with Crippen molar-refractivity contribution < 1.29 is 0 Å². The Morgan fingerprint density at radius 1 is 0.283 bits per heavy atom. The average Bonchev–Trinajstić information content (AvgIpc) is 3.26. The molecule has 2 nitrogen and oxygen atoms in total. The van der Waals surface area contributed by atoms with Gasteiger partial charge in [0.2, 0.25) is 0 Å². The molecule has 7 aromatic rings. The van der Waals surface area contributed by atoms with E-state index in [0.29, 0.717) is 0 Å². The minimum atomic E-state index is 0.217. The topological polar surface area (TPSA) is 6.48 Å². The number of hydrogen-bond acceptors (Lipinski definition) is 2. The molecule has 0 N–H and O–H groups in total. The lowest BCUT2D eigenvalue weighted by Gasteiger charge is -2.59. The monoisotopic (exact) mass is 780 g/mol. The molecule has 0 unspecified atom stereocenters. The number of fused-ring (bicyclic) bond motifs is 2. The van der Waals surface area contributed by atoms with Crippen LogP contribution in [-0.2, 0) is 10.8 Å². The third-order valence-electron chi connectivity index (χ3n) is 16.8. The molecular weight excluding hydrogens is 725 g/mol. The Morgan fingerprint density at radius 2 is 0.550 bits per heavy atom. The van der Waals surface area contributed by atoms with E-state index in [-0.39, 0.29) is 10.8 Å². The van der Waals surface area contributed by atoms with Crippen LogP contribution in [0.3, 0.4) is 0 Å². The van der Waals surface area contributed by atoms with Crippen LogP contribution >= 0.6 is 0 Å². The molecule has 8 aliphatic carbocycles. The highest BCUT2D eigenvalue weighted by Gasteiger charge is 2.55. The lowest BCUT2D eigenvalue weighted by Crippen LogP contribution is -2.49. The van der Waals surface area contributed by atoms with Crippen LogP contribution in [0.15, 0.2) is 158 Å². The van der Waals surface area contributed by atoms with Gasteiger partial charge in [-0.05, 0) is 229 Å². The van der Waals surface area contributed by atoms with Crippen molar-refractivity contribution >= 4 is 55.7 Å². The molecule has 2 heteroatoms. The zero-order valence-corrected chi connectivity index (χ0v) is 34.9. The summed E-state index contributed by atoms with van der Waals surface area (Å²) in [4.78, 5) is 5.02. The second kappa shape index (κ2) is 13.6. The molecule has 0 atom stereocenters. The predicted molar refractivity (Wildman–Crippen MR) is 251 cm³/mol. The fraction of sp³-hybridized carbons (Fsp3) is 0.345. The number of anilines is 6. The van der Waals surface area contributed by atoms with Gasteiger partial charge in [-0.2, -0.15) is 0 Å². The lowest BCUT2D eigenvalue weighted by atomic mass is 9.46. The maximum absolute atomic E-state index is 2.68. The van der Waals surface area contributed by atoms with E-state index in [0.717, 1.165) is 35.5 Å². The molecule has 8 fully saturated rings. The number of rotatable bonds is 8. The van der Waals surface area contributed by atoms with Gasteiger partial charge < -0.3 is 9.80 Å². The first kappa shape index (κ1) is 35.4. The molecule has 0 saturated heterocycles. The molecule has 15 rings (SSSR count). The van der Waals surface area contributed by atoms with Crippen LogP contribution in [0, 0.1) is 35.5 Å². The number of benzene rings is 7. The van der Waals surface area contributed by atoms with Gasteiger partial charge in [0.25, 0.3) is 0 Å². The normalized spacial score (nSPS) is 29.7. The molecule has 7 aromatic carbocycles. The highest BCUT2D eigenvalue weighted by Crippen LogP contribution is 2.66. The van der Waals surface area contributed by atoms with E-state index in [2.05, 4.69) is 168 Å². The fourth-order valence-electron chi connectivity index (χ4n) is 15.7. The standard InChI is InChI=1S/C58H56N2/c1-5-13-45(14-6-1)59(46-15-7-2-8-16-46)49-21-23-51-53(31-49)55(57-33-39-25-40(34-57)27-41(26-39)35-57)52-24-22-50(60(47-17-9-3-10-18-47)48-19-11-4-12-20-48)32-54(52)56(51)58-36-42-28-43(37-58)30-44(29-42)38-58/h1-24,31-32,39-44H,25-30,33-38H2. The van der Waals surface area contributed by atoms with E-state index in [9.17, 15) is 0 Å². The molecule has 298 valence electrons. The lowest BCUT2D eigenvalue weighted by molar-refractivity contribution is -0.00493. The fourth-order valence-corrected chi connectivity index (χ4v) is 15.7. The Balaban J connectivity index is 1.13. The Hall–Kier alpha value is -5.34. The molecule has 0 aliphatic heterocycles. The molecule has 0 radical (unpaired) electrons. The molecule has 0 aromatic heterocycles. The number of hydrogen-bond donors (Lipinski definition) is 0. The van der Waals surface area contributed by atoms with E-state index < -0.39 is 0 Å². The minimum Gasteiger partial charge on any atom is -0.310 e. The van der Waals surface area contributed by atoms with Gasteiger partial charge in [-0.3, -0.25) is 0 Å². The van der Waals surface area contributed by atoms with Gasteiger partial charge in [-0.25, -0.2) is 0 Å². The minimum absolute atomic E-state index is 0.217. The van der Waals surface area contributed by atoms with Crippen LogP contribution in [0.2, 0.25) is 0 Å². The van der Waals surface area contributed by atoms with Gasteiger partial charge in [0, 0.05) is 34.1 Å². The van der Waals surface area contributed by atoms with Crippen LogP contribution in [0.4, 0.5) is 34.1 Å². The summed E-state index contributed by atoms with van der Waals surface area (Å²) in [5.74, 6) is 5.19. The molecule has 8 aliphatic rings. The first-order valence-corrected chi connectivity index (χ1v) is 23.4. The van der Waals surface area contributed by atoms with Crippen molar-refractivity contribution in [3.63, 3.8) is 0 Å². The maximum Gasteiger partial charge on any atom is 0.0468 e. The highest BCUT2D eigenvalue weighted by atomic mass is 15.1. The number of nitrogens with zero attached hydrogens (tertiary/aromatic N) is 2. The van der Waals surface area contributed by atoms with Crippen molar-refractivity contribution in [2.45, 2.75) is 87.9 Å². The van der Waals surface area contributed by atoms with Gasteiger partial charge in [0.1, 0.15) is 0 Å². The van der Waals surface area contributed by atoms with Crippen molar-refractivity contribution in [1.82, 2.24) is 0 Å². The van der Waals surface area contributed by atoms with Crippen molar-refractivity contribution in [2.24, 2.45) is 35.5 Å². The first-order chi connectivity index (χ1) is 29.6. The number of para-hydroxylation sites is 4. The zero-order chi connectivity index (χ0) is 39.4. The van der Waals surface area contributed by atoms with Gasteiger partial charge in [0.15, 0.2) is 0 Å². The second-order valence-electron chi connectivity index (χ2n) is 20.6. The van der Waals surface area contributed by atoms with Crippen LogP contribution in [0.5, 0.6) is 0 Å². The van der Waals surface area contributed by atoms with E-state index in [4.69, 9.17) is 0 Å². The van der Waals surface area contributed by atoms with Crippen molar-refractivity contribution in [3.8, 4) is 0 Å². The largest absolute Gasteiger partial charge is 0.310 e. The Morgan fingerprint density at radius 3 is 0.817 bits per heavy atom. The van der Waals surface area contributed by atoms with E-state index in [1.165, 1.54) is 111 Å². The Bertz CT molecular complexity index is 2380. The van der Waals surface area contributed by atoms with E-state index in [1.807, 2.05) is 0 Å². The van der Waals surface area contributed by atoms with Crippen LogP contribution in [-0.4, -0.2) is 0 Å². The van der Waals surface area contributed by atoms with E-state index >= 15 is 0 Å². The quantitative estimate of drug-likeness (QED) is 0.142. The zero-order valence-electron chi connectivity index (χ0n) is 34.9. The van der Waals surface area contributed by atoms with Crippen LogP contribution in [0.1, 0.15) is 88.2 Å². The van der Waals surface area contributed by atoms with Gasteiger partial charge >= 0.3 is 0 Å².